The molecule has 2 unspecified atom stereocenters. The van der Waals surface area contributed by atoms with E-state index in [1.807, 2.05) is 0 Å². The fraction of sp³-hybridized carbons (Fsp3) is 0.400. The first-order valence-electron chi connectivity index (χ1n) is 8.84. The van der Waals surface area contributed by atoms with Gasteiger partial charge in [0.15, 0.2) is 11.6 Å². The molecule has 1 saturated heterocycles. The number of allylic oxidation sites excluding steroid dienone is 4. The van der Waals surface area contributed by atoms with Gasteiger partial charge in [0.25, 0.3) is 0 Å². The molecule has 0 amide bonds. The maximum absolute atomic E-state index is 13.2. The van der Waals surface area contributed by atoms with Crippen molar-refractivity contribution in [1.29, 1.82) is 0 Å². The van der Waals surface area contributed by atoms with Crippen molar-refractivity contribution in [2.75, 3.05) is 6.54 Å². The van der Waals surface area contributed by atoms with Gasteiger partial charge in [-0.3, -0.25) is 9.59 Å². The molecule has 1 aromatic carbocycles. The topological polar surface area (TPSA) is 55.4 Å². The van der Waals surface area contributed by atoms with Gasteiger partial charge in [0.05, 0.1) is 6.04 Å². The molecule has 4 nitrogen and oxygen atoms in total. The number of ketones is 2. The molecule has 0 radical (unpaired) electrons. The van der Waals surface area contributed by atoms with Crippen LogP contribution in [0.15, 0.2) is 48.6 Å². The number of halogens is 3. The van der Waals surface area contributed by atoms with Gasteiger partial charge in [-0.2, -0.15) is 0 Å². The van der Waals surface area contributed by atoms with Gasteiger partial charge in [-0.1, -0.05) is 30.7 Å². The van der Waals surface area contributed by atoms with Crippen molar-refractivity contribution in [3.8, 4) is 5.75 Å². The van der Waals surface area contributed by atoms with Gasteiger partial charge in [-0.15, -0.1) is 13.2 Å². The number of hydrogen-bond acceptors (Lipinski definition) is 4. The quantitative estimate of drug-likeness (QED) is 0.621. The van der Waals surface area contributed by atoms with Crippen molar-refractivity contribution >= 4 is 11.6 Å². The van der Waals surface area contributed by atoms with E-state index < -0.39 is 29.4 Å². The van der Waals surface area contributed by atoms with E-state index in [2.05, 4.69) is 10.1 Å². The van der Waals surface area contributed by atoms with Crippen LogP contribution in [0.2, 0.25) is 0 Å². The molecule has 0 spiro atoms. The van der Waals surface area contributed by atoms with Crippen LogP contribution in [-0.2, 0) is 4.79 Å². The van der Waals surface area contributed by atoms with Crippen molar-refractivity contribution in [1.82, 2.24) is 5.32 Å². The van der Waals surface area contributed by atoms with Gasteiger partial charge >= 0.3 is 6.36 Å². The molecule has 1 heterocycles. The molecule has 0 saturated carbocycles. The Labute approximate surface area is 155 Å². The van der Waals surface area contributed by atoms with Crippen LogP contribution in [0.3, 0.4) is 0 Å². The molecule has 1 N–H and O–H groups in total. The molecule has 3 rings (SSSR count). The summed E-state index contributed by atoms with van der Waals surface area (Å²) < 4.78 is 40.8. The van der Waals surface area contributed by atoms with Crippen LogP contribution >= 0.6 is 0 Å². The van der Waals surface area contributed by atoms with Gasteiger partial charge in [0.1, 0.15) is 11.2 Å². The second-order valence-corrected chi connectivity index (χ2v) is 6.73. The van der Waals surface area contributed by atoms with E-state index >= 15 is 0 Å². The number of carbonyl (C=O) groups is 2. The van der Waals surface area contributed by atoms with E-state index in [-0.39, 0.29) is 17.8 Å². The van der Waals surface area contributed by atoms with Gasteiger partial charge in [-0.25, -0.2) is 0 Å². The van der Waals surface area contributed by atoms with E-state index in [0.717, 1.165) is 31.5 Å². The number of carbonyl (C=O) groups excluding carboxylic acids is 2. The highest BCUT2D eigenvalue weighted by Gasteiger charge is 2.46. The van der Waals surface area contributed by atoms with Gasteiger partial charge in [0, 0.05) is 5.56 Å². The minimum Gasteiger partial charge on any atom is -0.406 e. The van der Waals surface area contributed by atoms with E-state index in [1.54, 1.807) is 24.3 Å². The standard InChI is InChI=1S/C20H20F3NO3/c21-20(22,23)27-15-9-7-14(8-10-15)17(25)19(11-3-1-4-12-19)18(26)16-6-2-5-13-24-16/h1,3-4,7-11,16,24H,2,5-6,12-13H2. The van der Waals surface area contributed by atoms with E-state index in [0.29, 0.717) is 6.42 Å². The largest absolute Gasteiger partial charge is 0.573 e. The Morgan fingerprint density at radius 3 is 2.41 bits per heavy atom. The normalized spacial score (nSPS) is 25.2. The number of ether oxygens (including phenoxy) is 1. The summed E-state index contributed by atoms with van der Waals surface area (Å²) in [5.74, 6) is -1.02. The summed E-state index contributed by atoms with van der Waals surface area (Å²) in [7, 11) is 0. The number of benzene rings is 1. The average molecular weight is 379 g/mol. The lowest BCUT2D eigenvalue weighted by molar-refractivity contribution is -0.274. The minimum absolute atomic E-state index is 0.175. The van der Waals surface area contributed by atoms with Crippen molar-refractivity contribution in [2.45, 2.75) is 38.1 Å². The highest BCUT2D eigenvalue weighted by Crippen LogP contribution is 2.36. The molecule has 144 valence electrons. The molecule has 0 aromatic heterocycles. The third kappa shape index (κ3) is 4.30. The van der Waals surface area contributed by atoms with E-state index in [4.69, 9.17) is 0 Å². The number of alkyl halides is 3. The summed E-state index contributed by atoms with van der Waals surface area (Å²) in [6.07, 6.45) is 4.82. The number of rotatable bonds is 5. The third-order valence-corrected chi connectivity index (χ3v) is 4.89. The molecule has 1 aliphatic carbocycles. The highest BCUT2D eigenvalue weighted by atomic mass is 19.4. The summed E-state index contributed by atoms with van der Waals surface area (Å²) in [4.78, 5) is 26.4. The summed E-state index contributed by atoms with van der Waals surface area (Å²) in [6.45, 7) is 0.726. The van der Waals surface area contributed by atoms with Crippen molar-refractivity contribution < 1.29 is 27.5 Å². The van der Waals surface area contributed by atoms with Gasteiger partial charge in [-0.05, 0) is 50.1 Å². The minimum atomic E-state index is -4.80. The van der Waals surface area contributed by atoms with E-state index in [9.17, 15) is 22.8 Å². The zero-order valence-electron chi connectivity index (χ0n) is 14.6. The second kappa shape index (κ2) is 7.68. The molecule has 2 atom stereocenters. The van der Waals surface area contributed by atoms with Crippen molar-refractivity contribution in [2.24, 2.45) is 5.41 Å². The Kier molecular flexibility index (Phi) is 5.51. The lowest BCUT2D eigenvalue weighted by atomic mass is 9.69. The third-order valence-electron chi connectivity index (χ3n) is 4.89. The van der Waals surface area contributed by atoms with Crippen LogP contribution < -0.4 is 10.1 Å². The second-order valence-electron chi connectivity index (χ2n) is 6.73. The Morgan fingerprint density at radius 2 is 1.85 bits per heavy atom. The zero-order valence-corrected chi connectivity index (χ0v) is 14.6. The summed E-state index contributed by atoms with van der Waals surface area (Å²) in [6, 6.07) is 4.30. The number of piperidine rings is 1. The predicted molar refractivity (Wildman–Crippen MR) is 93.4 cm³/mol. The monoisotopic (exact) mass is 379 g/mol. The molecular weight excluding hydrogens is 359 g/mol. The molecule has 27 heavy (non-hydrogen) atoms. The molecular formula is C20H20F3NO3. The zero-order chi connectivity index (χ0) is 19.5. The highest BCUT2D eigenvalue weighted by molar-refractivity contribution is 6.18. The molecule has 7 heteroatoms. The van der Waals surface area contributed by atoms with Gasteiger partial charge in [0.2, 0.25) is 0 Å². The first-order valence-corrected chi connectivity index (χ1v) is 8.84. The first-order chi connectivity index (χ1) is 12.8. The average Bonchev–Trinajstić information content (AvgIpc) is 2.67. The number of hydrogen-bond donors (Lipinski definition) is 1. The lowest BCUT2D eigenvalue weighted by Crippen LogP contribution is -2.51. The maximum atomic E-state index is 13.2. The van der Waals surface area contributed by atoms with Crippen LogP contribution in [0.25, 0.3) is 0 Å². The Morgan fingerprint density at radius 1 is 1.11 bits per heavy atom. The molecule has 2 aliphatic rings. The smallest absolute Gasteiger partial charge is 0.406 e. The summed E-state index contributed by atoms with van der Waals surface area (Å²) in [5.41, 5.74) is -1.16. The summed E-state index contributed by atoms with van der Waals surface area (Å²) in [5, 5.41) is 3.18. The van der Waals surface area contributed by atoms with E-state index in [1.165, 1.54) is 12.1 Å². The lowest BCUT2D eigenvalue weighted by Gasteiger charge is -2.34. The van der Waals surface area contributed by atoms with Crippen molar-refractivity contribution in [3.05, 3.63) is 54.1 Å². The van der Waals surface area contributed by atoms with Crippen LogP contribution in [0, 0.1) is 5.41 Å². The number of nitrogens with one attached hydrogen (secondary N) is 1. The summed E-state index contributed by atoms with van der Waals surface area (Å²) >= 11 is 0. The predicted octanol–water partition coefficient (Wildman–Crippen LogP) is 3.98. The van der Waals surface area contributed by atoms with Crippen LogP contribution in [0.5, 0.6) is 5.75 Å². The molecule has 1 aromatic rings. The Bertz CT molecular complexity index is 762. The SMILES string of the molecule is O=C(c1ccc(OC(F)(F)F)cc1)C1(C(=O)C2CCCCN2)C=CC=CC1. The van der Waals surface area contributed by atoms with Crippen LogP contribution in [-0.4, -0.2) is 30.5 Å². The van der Waals surface area contributed by atoms with Crippen LogP contribution in [0.1, 0.15) is 36.0 Å². The molecule has 1 fully saturated rings. The fourth-order valence-electron chi connectivity index (χ4n) is 3.54. The Hall–Kier alpha value is -2.41. The first kappa shape index (κ1) is 19.4. The van der Waals surface area contributed by atoms with Crippen molar-refractivity contribution in [3.63, 3.8) is 0 Å². The maximum Gasteiger partial charge on any atom is 0.573 e. The Balaban J connectivity index is 1.86. The van der Waals surface area contributed by atoms with Crippen LogP contribution in [0.4, 0.5) is 13.2 Å². The fourth-order valence-corrected chi connectivity index (χ4v) is 3.54. The molecule has 1 aliphatic heterocycles. The molecule has 0 bridgehead atoms. The number of Topliss-reactive ketones (excluding diaryl/α,β-unsaturated/α-hetero) is 2. The van der Waals surface area contributed by atoms with Gasteiger partial charge < -0.3 is 10.1 Å².